The van der Waals surface area contributed by atoms with Crippen LogP contribution in [0.1, 0.15) is 80.6 Å². The van der Waals surface area contributed by atoms with E-state index in [0.717, 1.165) is 29.4 Å². The molecule has 0 spiro atoms. The van der Waals surface area contributed by atoms with Crippen LogP contribution < -0.4 is 10.6 Å². The zero-order valence-corrected chi connectivity index (χ0v) is 61.4. The molecule has 0 radical (unpaired) electrons. The first kappa shape index (κ1) is 76.7. The van der Waals surface area contributed by atoms with E-state index in [2.05, 4.69) is 10.6 Å². The summed E-state index contributed by atoms with van der Waals surface area (Å²) in [4.78, 5) is 72.9. The smallest absolute Gasteiger partial charge is 0.407 e. The van der Waals surface area contributed by atoms with Gasteiger partial charge in [-0.1, -0.05) is 194 Å². The molecule has 23 nitrogen and oxygen atoms in total. The molecule has 2 N–H and O–H groups in total. The second-order valence-corrected chi connectivity index (χ2v) is 35.4. The molecule has 5 aliphatic rings. The molecule has 5 fully saturated rings. The normalized spacial score (nSPS) is 28.9. The van der Waals surface area contributed by atoms with E-state index < -0.39 is 169 Å². The minimum atomic E-state index is -3.08. The number of hydrogen-bond acceptors (Lipinski definition) is 22. The number of methoxy groups -OCH3 is 1. The van der Waals surface area contributed by atoms with Crippen LogP contribution in [0.4, 0.5) is 9.59 Å². The molecule has 10 rings (SSSR count). The third-order valence-electron chi connectivity index (χ3n) is 17.9. The van der Waals surface area contributed by atoms with Crippen molar-refractivity contribution in [3.05, 3.63) is 173 Å². The van der Waals surface area contributed by atoms with Gasteiger partial charge in [-0.15, -0.1) is 0 Å². The third-order valence-corrected chi connectivity index (χ3v) is 23.9. The minimum Gasteiger partial charge on any atom is -0.465 e. The molecular weight excluding hydrogens is 1400 g/mol. The fourth-order valence-electron chi connectivity index (χ4n) is 12.1. The van der Waals surface area contributed by atoms with E-state index in [1.165, 1.54) is 18.7 Å². The maximum Gasteiger partial charge on any atom is 0.407 e. The molecular formula is C72H87Cl3N2O21SSi. The number of aryl methyl sites for hydroxylation is 1. The molecule has 5 aromatic carbocycles. The Morgan fingerprint density at radius 1 is 0.680 bits per heavy atom. The lowest BCUT2D eigenvalue weighted by Gasteiger charge is -2.53. The van der Waals surface area contributed by atoms with E-state index in [9.17, 15) is 14.4 Å². The van der Waals surface area contributed by atoms with Crippen LogP contribution in [0.15, 0.2) is 150 Å². The third kappa shape index (κ3) is 20.1. The number of carbonyl (C=O) groups excluding carboxylic acids is 5. The van der Waals surface area contributed by atoms with Crippen molar-refractivity contribution in [3.8, 4) is 0 Å². The number of amides is 2. The zero-order valence-electron chi connectivity index (χ0n) is 57.3. The van der Waals surface area contributed by atoms with Crippen molar-refractivity contribution in [2.75, 3.05) is 33.5 Å². The van der Waals surface area contributed by atoms with Crippen molar-refractivity contribution < 1.29 is 99.5 Å². The van der Waals surface area contributed by atoms with Crippen LogP contribution in [-0.4, -0.2) is 178 Å². The van der Waals surface area contributed by atoms with Crippen molar-refractivity contribution in [1.29, 1.82) is 0 Å². The van der Waals surface area contributed by atoms with E-state index >= 15 is 9.59 Å². The van der Waals surface area contributed by atoms with Gasteiger partial charge in [0, 0.05) is 11.8 Å². The largest absolute Gasteiger partial charge is 0.465 e. The van der Waals surface area contributed by atoms with E-state index in [1.807, 2.05) is 156 Å². The molecule has 5 heterocycles. The topological polar surface area (TPSA) is 257 Å². The highest BCUT2D eigenvalue weighted by Gasteiger charge is 2.66. The molecule has 0 saturated carbocycles. The van der Waals surface area contributed by atoms with Gasteiger partial charge in [-0.05, 0) is 79.9 Å². The van der Waals surface area contributed by atoms with Gasteiger partial charge in [-0.2, -0.15) is 0 Å². The first-order valence-corrected chi connectivity index (χ1v) is 37.9. The molecule has 0 aromatic heterocycles. The highest BCUT2D eigenvalue weighted by atomic mass is 35.6. The summed E-state index contributed by atoms with van der Waals surface area (Å²) in [5, 5.41) is 5.29. The molecule has 0 unspecified atom stereocenters. The number of fused-ring (bicyclic) bond motifs is 1. The number of alkyl carbamates (subject to hydrolysis) is 2. The molecule has 0 aliphatic carbocycles. The minimum absolute atomic E-state index is 0.0271. The molecule has 5 saturated heterocycles. The van der Waals surface area contributed by atoms with Crippen LogP contribution >= 0.6 is 46.6 Å². The van der Waals surface area contributed by atoms with Gasteiger partial charge in [0.15, 0.2) is 26.5 Å². The Balaban J connectivity index is 1.17. The van der Waals surface area contributed by atoms with Crippen LogP contribution in [-0.2, 0) is 105 Å². The van der Waals surface area contributed by atoms with Crippen LogP contribution in [0.3, 0.4) is 0 Å². The van der Waals surface area contributed by atoms with Gasteiger partial charge in [0.25, 0.3) is 5.79 Å². The summed E-state index contributed by atoms with van der Waals surface area (Å²) >= 11 is 19.8. The number of carbonyl (C=O) groups is 5. The molecule has 28 heteroatoms. The number of nitrogens with one attached hydrogen (secondary N) is 2. The number of benzene rings is 5. The van der Waals surface area contributed by atoms with Gasteiger partial charge in [0.1, 0.15) is 79.6 Å². The molecule has 5 aromatic rings. The van der Waals surface area contributed by atoms with Crippen molar-refractivity contribution in [1.82, 2.24) is 10.6 Å². The monoisotopic (exact) mass is 1480 g/mol. The average molecular weight is 1480 g/mol. The molecule has 5 aliphatic heterocycles. The van der Waals surface area contributed by atoms with Gasteiger partial charge in [0.05, 0.1) is 64.3 Å². The fraction of sp³-hybridized carbons (Fsp3) is 0.514. The highest BCUT2D eigenvalue weighted by molar-refractivity contribution is 7.99. The van der Waals surface area contributed by atoms with Gasteiger partial charge >= 0.3 is 30.1 Å². The van der Waals surface area contributed by atoms with Crippen LogP contribution in [0.5, 0.6) is 0 Å². The maximum absolute atomic E-state index is 15.6. The summed E-state index contributed by atoms with van der Waals surface area (Å²) in [5.74, 6) is -6.60. The second-order valence-electron chi connectivity index (χ2n) is 27.0. The number of halogens is 3. The quantitative estimate of drug-likeness (QED) is 0.0214. The second kappa shape index (κ2) is 33.7. The van der Waals surface area contributed by atoms with Gasteiger partial charge < -0.3 is 86.1 Å². The van der Waals surface area contributed by atoms with E-state index in [1.54, 1.807) is 44.2 Å². The number of rotatable bonds is 27. The summed E-state index contributed by atoms with van der Waals surface area (Å²) in [7, 11) is -1.94. The Bertz CT molecular complexity index is 3510. The summed E-state index contributed by atoms with van der Waals surface area (Å²) in [6.07, 6.45) is -19.2. The van der Waals surface area contributed by atoms with Gasteiger partial charge in [0.2, 0.25) is 3.79 Å². The molecule has 0 bridgehead atoms. The van der Waals surface area contributed by atoms with Gasteiger partial charge in [-0.25, -0.2) is 19.2 Å². The molecule has 16 atom stereocenters. The predicted molar refractivity (Wildman–Crippen MR) is 369 cm³/mol. The Hall–Kier alpha value is -5.95. The van der Waals surface area contributed by atoms with Crippen LogP contribution in [0.25, 0.3) is 0 Å². The summed E-state index contributed by atoms with van der Waals surface area (Å²) < 4.78 is 105. The number of thioether (sulfide) groups is 1. The summed E-state index contributed by atoms with van der Waals surface area (Å²) in [5.41, 5.74) is 2.19. The lowest BCUT2D eigenvalue weighted by Crippen LogP contribution is -2.71. The predicted octanol–water partition coefficient (Wildman–Crippen LogP) is 11.6. The SMILES string of the molecule is COC(=O)[C@@]1(O[C@H]2[C@@H](O[C@@H]3O[C@H](COC(C)=O)[C@H](OCc4ccccc4)[C@H](O[Si](C)(C)C(C)(C)C)[C@H]3NC(=O)OCC(Cl)(Cl)Cl)[C@@H](COCc3ccccc3)O[C@@H](Sc3ccc(C)cc3)[C@@H]2OC(=O)c2ccccc2)C[C@@H]2OC(=O)N[C@H]2[C@H]([C@@H]2OC(C)(C)O[C@@H]2COCc2ccccc2)O1. The van der Waals surface area contributed by atoms with Gasteiger partial charge in [-0.3, -0.25) is 4.79 Å². The van der Waals surface area contributed by atoms with Crippen molar-refractivity contribution in [2.24, 2.45) is 0 Å². The Kier molecular flexibility index (Phi) is 25.8. The van der Waals surface area contributed by atoms with Crippen molar-refractivity contribution in [2.45, 2.75) is 204 Å². The van der Waals surface area contributed by atoms with E-state index in [4.69, 9.17) is 110 Å². The zero-order chi connectivity index (χ0) is 71.6. The average Bonchev–Trinajstić information content (AvgIpc) is 1.31. The Labute approximate surface area is 602 Å². The molecule has 2 amide bonds. The van der Waals surface area contributed by atoms with Crippen molar-refractivity contribution in [3.63, 3.8) is 0 Å². The first-order valence-electron chi connectivity index (χ1n) is 33.0. The van der Waals surface area contributed by atoms with Crippen molar-refractivity contribution >= 4 is 85.0 Å². The number of hydrogen-bond donors (Lipinski definition) is 2. The van der Waals surface area contributed by atoms with E-state index in [-0.39, 0.29) is 38.6 Å². The fourth-order valence-corrected chi connectivity index (χ4v) is 14.7. The maximum atomic E-state index is 15.6. The lowest BCUT2D eigenvalue weighted by atomic mass is 9.88. The van der Waals surface area contributed by atoms with Crippen LogP contribution in [0, 0.1) is 6.92 Å². The Morgan fingerprint density at radius 3 is 1.84 bits per heavy atom. The number of esters is 3. The number of ether oxygens (including phenoxy) is 15. The number of alkyl halides is 3. The molecule has 100 heavy (non-hydrogen) atoms. The van der Waals surface area contributed by atoms with E-state index in [0.29, 0.717) is 4.90 Å². The lowest BCUT2D eigenvalue weighted by molar-refractivity contribution is -0.366. The first-order chi connectivity index (χ1) is 47.6. The Morgan fingerprint density at radius 2 is 1.26 bits per heavy atom. The summed E-state index contributed by atoms with van der Waals surface area (Å²) in [6.45, 7) is 15.3. The highest BCUT2D eigenvalue weighted by Crippen LogP contribution is 2.48. The molecule has 542 valence electrons. The summed E-state index contributed by atoms with van der Waals surface area (Å²) in [6, 6.07) is 41.3. The standard InChI is InChI=1S/C72H87Cl3N2O21SSi/c1-43-31-33-49(34-32-43)99-65-62(92-63(79)48-29-21-14-22-30-48)61(97-71(66(80)83-8)35-50-54(76-68(82)91-50)59(96-71)58-53(94-70(6,7)95-58)40-85-37-46-25-17-12-18-26-46)57(51(90-65)39-84-36-45-23-15-11-16-24-45)93-64-55(77-67(81)88-42-72(73,74)75)60(98-100(9,10)69(3,4)5)56(52(89-64)41-86-44(2)78)87-38-47-27-19-13-20-28-47/h11-34,50-62,64-65H,35-42H2,1-10H3,(H,76,82)(H,77,81)/t50-,51+,52+,53+,54+,55+,56-,57-,58+,59+,60+,61-,62+,64-,65-,71-/m0/s1. The van der Waals surface area contributed by atoms with Crippen LogP contribution in [0.2, 0.25) is 18.1 Å².